The number of nitrogens with one attached hydrogen (secondary N) is 1. The number of ether oxygens (including phenoxy) is 1. The number of hydrogen-bond donors (Lipinski definition) is 1. The first kappa shape index (κ1) is 15.2. The van der Waals surface area contributed by atoms with Gasteiger partial charge in [0.05, 0.1) is 7.11 Å². The van der Waals surface area contributed by atoms with Gasteiger partial charge in [0, 0.05) is 34.9 Å². The van der Waals surface area contributed by atoms with E-state index in [1.54, 1.807) is 7.11 Å². The van der Waals surface area contributed by atoms with Crippen molar-refractivity contribution >= 4 is 10.8 Å². The molecule has 0 aliphatic carbocycles. The van der Waals surface area contributed by atoms with E-state index < -0.39 is 10.8 Å². The van der Waals surface area contributed by atoms with Crippen molar-refractivity contribution in [1.82, 2.24) is 5.32 Å². The quantitative estimate of drug-likeness (QED) is 0.784. The van der Waals surface area contributed by atoms with Crippen molar-refractivity contribution in [3.8, 4) is 5.75 Å². The van der Waals surface area contributed by atoms with Crippen molar-refractivity contribution in [2.24, 2.45) is 0 Å². The highest BCUT2D eigenvalue weighted by molar-refractivity contribution is 7.84. The van der Waals surface area contributed by atoms with Crippen LogP contribution < -0.4 is 10.1 Å². The molecule has 2 atom stereocenters. The number of rotatable bonds is 8. The number of hydrogen-bond acceptors (Lipinski definition) is 3. The minimum atomic E-state index is -0.683. The van der Waals surface area contributed by atoms with Gasteiger partial charge in [-0.1, -0.05) is 25.1 Å². The Balaban J connectivity index is 2.39. The molecule has 0 spiro atoms. The molecule has 102 valence electrons. The maximum atomic E-state index is 11.3. The Morgan fingerprint density at radius 2 is 2.11 bits per heavy atom. The predicted molar refractivity (Wildman–Crippen MR) is 77.7 cm³/mol. The van der Waals surface area contributed by atoms with Gasteiger partial charge in [-0.25, -0.2) is 0 Å². The summed E-state index contributed by atoms with van der Waals surface area (Å²) in [6.07, 6.45) is 0.919. The SMILES string of the molecule is CCS(=O)CCNC(C)Cc1ccccc1OC. The average molecular weight is 269 g/mol. The predicted octanol–water partition coefficient (Wildman–Crippen LogP) is 1.98. The van der Waals surface area contributed by atoms with Gasteiger partial charge < -0.3 is 10.1 Å². The smallest absolute Gasteiger partial charge is 0.122 e. The Morgan fingerprint density at radius 3 is 2.78 bits per heavy atom. The minimum Gasteiger partial charge on any atom is -0.496 e. The first-order valence-electron chi connectivity index (χ1n) is 6.37. The normalized spacial score (nSPS) is 14.2. The maximum Gasteiger partial charge on any atom is 0.122 e. The van der Waals surface area contributed by atoms with E-state index >= 15 is 0 Å². The van der Waals surface area contributed by atoms with Gasteiger partial charge in [0.2, 0.25) is 0 Å². The van der Waals surface area contributed by atoms with Crippen LogP contribution in [0.4, 0.5) is 0 Å². The molecule has 0 aromatic heterocycles. The molecule has 1 aromatic carbocycles. The Kier molecular flexibility index (Phi) is 6.98. The summed E-state index contributed by atoms with van der Waals surface area (Å²) in [6.45, 7) is 4.90. The first-order valence-corrected chi connectivity index (χ1v) is 7.86. The highest BCUT2D eigenvalue weighted by Gasteiger charge is 2.07. The number of benzene rings is 1. The fourth-order valence-corrected chi connectivity index (χ4v) is 2.47. The van der Waals surface area contributed by atoms with Crippen molar-refractivity contribution in [2.45, 2.75) is 26.3 Å². The summed E-state index contributed by atoms with van der Waals surface area (Å²) >= 11 is 0. The summed E-state index contributed by atoms with van der Waals surface area (Å²) in [5, 5.41) is 3.40. The van der Waals surface area contributed by atoms with Crippen molar-refractivity contribution < 1.29 is 8.95 Å². The van der Waals surface area contributed by atoms with Gasteiger partial charge in [-0.2, -0.15) is 0 Å². The molecule has 0 amide bonds. The second-order valence-electron chi connectivity index (χ2n) is 4.30. The van der Waals surface area contributed by atoms with Gasteiger partial charge in [0.25, 0.3) is 0 Å². The van der Waals surface area contributed by atoms with Crippen LogP contribution in [-0.4, -0.2) is 35.4 Å². The van der Waals surface area contributed by atoms with Gasteiger partial charge >= 0.3 is 0 Å². The lowest BCUT2D eigenvalue weighted by molar-refractivity contribution is 0.406. The Bertz CT molecular complexity index is 382. The van der Waals surface area contributed by atoms with E-state index in [9.17, 15) is 4.21 Å². The molecular formula is C14H23NO2S. The lowest BCUT2D eigenvalue weighted by atomic mass is 10.1. The van der Waals surface area contributed by atoms with E-state index in [2.05, 4.69) is 18.3 Å². The summed E-state index contributed by atoms with van der Waals surface area (Å²) in [7, 11) is 1.01. The third-order valence-electron chi connectivity index (χ3n) is 2.86. The van der Waals surface area contributed by atoms with Crippen LogP contribution in [0.5, 0.6) is 5.75 Å². The van der Waals surface area contributed by atoms with Crippen LogP contribution in [0.2, 0.25) is 0 Å². The monoisotopic (exact) mass is 269 g/mol. The molecule has 0 saturated heterocycles. The van der Waals surface area contributed by atoms with Crippen LogP contribution in [-0.2, 0) is 17.2 Å². The third-order valence-corrected chi connectivity index (χ3v) is 4.17. The third kappa shape index (κ3) is 5.19. The molecule has 0 radical (unpaired) electrons. The Morgan fingerprint density at radius 1 is 1.39 bits per heavy atom. The van der Waals surface area contributed by atoms with E-state index in [0.717, 1.165) is 30.2 Å². The lowest BCUT2D eigenvalue weighted by Gasteiger charge is -2.15. The molecule has 1 rings (SSSR count). The van der Waals surface area contributed by atoms with E-state index in [-0.39, 0.29) is 0 Å². The number of methoxy groups -OCH3 is 1. The molecular weight excluding hydrogens is 246 g/mol. The van der Waals surface area contributed by atoms with Gasteiger partial charge in [-0.05, 0) is 25.0 Å². The van der Waals surface area contributed by atoms with E-state index in [1.165, 1.54) is 5.56 Å². The minimum absolute atomic E-state index is 0.357. The van der Waals surface area contributed by atoms with E-state index in [0.29, 0.717) is 6.04 Å². The second kappa shape index (κ2) is 8.27. The second-order valence-corrected chi connectivity index (χ2v) is 6.17. The molecule has 0 saturated carbocycles. The molecule has 0 fully saturated rings. The highest BCUT2D eigenvalue weighted by atomic mass is 32.2. The fraction of sp³-hybridized carbons (Fsp3) is 0.571. The molecule has 1 aromatic rings. The number of para-hydroxylation sites is 1. The molecule has 0 bridgehead atoms. The zero-order chi connectivity index (χ0) is 13.4. The van der Waals surface area contributed by atoms with E-state index in [4.69, 9.17) is 4.74 Å². The van der Waals surface area contributed by atoms with Crippen LogP contribution >= 0.6 is 0 Å². The van der Waals surface area contributed by atoms with Crippen molar-refractivity contribution in [1.29, 1.82) is 0 Å². The average Bonchev–Trinajstić information content (AvgIpc) is 2.39. The molecule has 18 heavy (non-hydrogen) atoms. The molecule has 0 heterocycles. The lowest BCUT2D eigenvalue weighted by Crippen LogP contribution is -2.31. The summed E-state index contributed by atoms with van der Waals surface area (Å²) in [6, 6.07) is 8.42. The molecule has 0 aliphatic rings. The molecule has 4 heteroatoms. The van der Waals surface area contributed by atoms with Crippen molar-refractivity contribution in [3.05, 3.63) is 29.8 Å². The first-order chi connectivity index (χ1) is 8.67. The van der Waals surface area contributed by atoms with Gasteiger partial charge in [0.1, 0.15) is 5.75 Å². The zero-order valence-corrected chi connectivity index (χ0v) is 12.3. The van der Waals surface area contributed by atoms with Gasteiger partial charge in [0.15, 0.2) is 0 Å². The summed E-state index contributed by atoms with van der Waals surface area (Å²) < 4.78 is 16.6. The highest BCUT2D eigenvalue weighted by Crippen LogP contribution is 2.18. The standard InChI is InChI=1S/C14H23NO2S/c1-4-18(16)10-9-15-12(2)11-13-7-5-6-8-14(13)17-3/h5-8,12,15H,4,9-11H2,1-3H3. The summed E-state index contributed by atoms with van der Waals surface area (Å²) in [5.74, 6) is 2.40. The largest absolute Gasteiger partial charge is 0.496 e. The Labute approximate surface area is 112 Å². The van der Waals surface area contributed by atoms with Crippen molar-refractivity contribution in [3.63, 3.8) is 0 Å². The topological polar surface area (TPSA) is 38.3 Å². The van der Waals surface area contributed by atoms with Gasteiger partial charge in [-0.3, -0.25) is 4.21 Å². The zero-order valence-electron chi connectivity index (χ0n) is 11.4. The van der Waals surface area contributed by atoms with E-state index in [1.807, 2.05) is 25.1 Å². The van der Waals surface area contributed by atoms with Crippen LogP contribution in [0.15, 0.2) is 24.3 Å². The summed E-state index contributed by atoms with van der Waals surface area (Å²) in [4.78, 5) is 0. The van der Waals surface area contributed by atoms with Crippen LogP contribution in [0.25, 0.3) is 0 Å². The fourth-order valence-electron chi connectivity index (χ4n) is 1.84. The van der Waals surface area contributed by atoms with Gasteiger partial charge in [-0.15, -0.1) is 0 Å². The van der Waals surface area contributed by atoms with Crippen LogP contribution in [0.1, 0.15) is 19.4 Å². The molecule has 3 nitrogen and oxygen atoms in total. The molecule has 2 unspecified atom stereocenters. The molecule has 1 N–H and O–H groups in total. The summed E-state index contributed by atoms with van der Waals surface area (Å²) in [5.41, 5.74) is 1.21. The maximum absolute atomic E-state index is 11.3. The van der Waals surface area contributed by atoms with Crippen molar-refractivity contribution in [2.75, 3.05) is 25.2 Å². The van der Waals surface area contributed by atoms with Crippen LogP contribution in [0.3, 0.4) is 0 Å². The Hall–Kier alpha value is -0.870. The molecule has 0 aliphatic heterocycles. The van der Waals surface area contributed by atoms with Crippen LogP contribution in [0, 0.1) is 0 Å².